The summed E-state index contributed by atoms with van der Waals surface area (Å²) in [5, 5.41) is 14.3. The van der Waals surface area contributed by atoms with Crippen LogP contribution < -0.4 is 5.32 Å². The highest BCUT2D eigenvalue weighted by molar-refractivity contribution is 5.95. The van der Waals surface area contributed by atoms with E-state index in [4.69, 9.17) is 0 Å². The highest BCUT2D eigenvalue weighted by atomic mass is 16.2. The number of amides is 2. The largest absolute Gasteiger partial charge is 0.345 e. The Hall–Kier alpha value is -2.77. The van der Waals surface area contributed by atoms with Gasteiger partial charge in [-0.2, -0.15) is 4.80 Å². The number of carbonyl (C=O) groups is 2. The third-order valence-electron chi connectivity index (χ3n) is 3.27. The number of piperazine rings is 1. The lowest BCUT2D eigenvalue weighted by Crippen LogP contribution is -2.53. The topological polar surface area (TPSA) is 93.0 Å². The fourth-order valence-corrected chi connectivity index (χ4v) is 2.33. The van der Waals surface area contributed by atoms with Crippen LogP contribution in [-0.4, -0.2) is 43.5 Å². The summed E-state index contributed by atoms with van der Waals surface area (Å²) in [6, 6.07) is 8.50. The molecule has 8 nitrogen and oxygen atoms in total. The number of aromatic nitrogens is 4. The van der Waals surface area contributed by atoms with Gasteiger partial charge in [0.2, 0.25) is 11.8 Å². The molecule has 2 aromatic rings. The molecular formula is C13H14N6O2. The number of benzene rings is 1. The molecule has 0 bridgehead atoms. The Morgan fingerprint density at radius 3 is 2.71 bits per heavy atom. The molecule has 8 heteroatoms. The van der Waals surface area contributed by atoms with Gasteiger partial charge in [-0.15, -0.1) is 10.2 Å². The van der Waals surface area contributed by atoms with Gasteiger partial charge in [0.05, 0.1) is 20.1 Å². The predicted molar refractivity (Wildman–Crippen MR) is 71.5 cm³/mol. The summed E-state index contributed by atoms with van der Waals surface area (Å²) in [4.78, 5) is 27.1. The fraction of sp³-hybridized carbons (Fsp3) is 0.308. The van der Waals surface area contributed by atoms with E-state index in [1.807, 2.05) is 30.3 Å². The van der Waals surface area contributed by atoms with E-state index in [0.29, 0.717) is 5.82 Å². The third-order valence-corrected chi connectivity index (χ3v) is 3.27. The summed E-state index contributed by atoms with van der Waals surface area (Å²) >= 11 is 0. The van der Waals surface area contributed by atoms with Gasteiger partial charge in [-0.05, 0) is 10.8 Å². The molecule has 2 heterocycles. The number of hydrogen-bond donors (Lipinski definition) is 1. The van der Waals surface area contributed by atoms with E-state index in [1.165, 1.54) is 9.70 Å². The Morgan fingerprint density at radius 1 is 1.29 bits per heavy atom. The quantitative estimate of drug-likeness (QED) is 0.814. The zero-order valence-electron chi connectivity index (χ0n) is 11.4. The highest BCUT2D eigenvalue weighted by Crippen LogP contribution is 2.24. The molecule has 1 unspecified atom stereocenters. The van der Waals surface area contributed by atoms with E-state index in [1.54, 1.807) is 7.05 Å². The van der Waals surface area contributed by atoms with Crippen LogP contribution in [0.15, 0.2) is 30.3 Å². The first-order valence-corrected chi connectivity index (χ1v) is 6.50. The molecule has 0 spiro atoms. The second kappa shape index (κ2) is 5.31. The van der Waals surface area contributed by atoms with E-state index in [0.717, 1.165) is 5.56 Å². The molecule has 0 aliphatic carbocycles. The normalized spacial score (nSPS) is 18.7. The SMILES string of the molecule is Cn1nnc(CN2C(=O)CNC(=O)C2c2ccccc2)n1. The van der Waals surface area contributed by atoms with E-state index in [-0.39, 0.29) is 24.9 Å². The standard InChI is InChI=1S/C13H14N6O2/c1-18-16-10(15-17-18)8-19-11(20)7-14-13(21)12(19)9-5-3-2-4-6-9/h2-6,12H,7-8H2,1H3,(H,14,21). The Balaban J connectivity index is 1.92. The van der Waals surface area contributed by atoms with Crippen LogP contribution >= 0.6 is 0 Å². The molecule has 1 atom stereocenters. The van der Waals surface area contributed by atoms with Gasteiger partial charge in [0.15, 0.2) is 5.82 Å². The molecule has 1 fully saturated rings. The summed E-state index contributed by atoms with van der Waals surface area (Å²) in [6.07, 6.45) is 0. The molecule has 3 rings (SSSR count). The molecule has 2 amide bonds. The molecule has 1 aromatic carbocycles. The maximum atomic E-state index is 12.2. The smallest absolute Gasteiger partial charge is 0.247 e. The minimum Gasteiger partial charge on any atom is -0.345 e. The predicted octanol–water partition coefficient (Wildman–Crippen LogP) is -0.590. The van der Waals surface area contributed by atoms with Crippen molar-refractivity contribution < 1.29 is 9.59 Å². The van der Waals surface area contributed by atoms with Gasteiger partial charge in [0.25, 0.3) is 0 Å². The van der Waals surface area contributed by atoms with Crippen LogP contribution in [0.4, 0.5) is 0 Å². The van der Waals surface area contributed by atoms with Crippen molar-refractivity contribution in [2.24, 2.45) is 7.05 Å². The van der Waals surface area contributed by atoms with Crippen molar-refractivity contribution in [2.75, 3.05) is 6.54 Å². The minimum absolute atomic E-state index is 0.0115. The first-order valence-electron chi connectivity index (χ1n) is 6.50. The zero-order chi connectivity index (χ0) is 14.8. The number of tetrazole rings is 1. The number of nitrogens with one attached hydrogen (secondary N) is 1. The monoisotopic (exact) mass is 286 g/mol. The lowest BCUT2D eigenvalue weighted by atomic mass is 10.0. The Morgan fingerprint density at radius 2 is 2.05 bits per heavy atom. The number of nitrogens with zero attached hydrogens (tertiary/aromatic N) is 5. The van der Waals surface area contributed by atoms with Crippen molar-refractivity contribution in [3.63, 3.8) is 0 Å². The molecule has 0 saturated carbocycles. The summed E-state index contributed by atoms with van der Waals surface area (Å²) in [6.45, 7) is 0.141. The van der Waals surface area contributed by atoms with Gasteiger partial charge in [-0.25, -0.2) is 0 Å². The van der Waals surface area contributed by atoms with Crippen molar-refractivity contribution in [1.82, 2.24) is 30.4 Å². The van der Waals surface area contributed by atoms with E-state index in [9.17, 15) is 9.59 Å². The van der Waals surface area contributed by atoms with Crippen LogP contribution in [0.3, 0.4) is 0 Å². The van der Waals surface area contributed by atoms with Gasteiger partial charge < -0.3 is 10.2 Å². The first-order chi connectivity index (χ1) is 10.1. The lowest BCUT2D eigenvalue weighted by molar-refractivity contribution is -0.146. The molecule has 1 saturated heterocycles. The van der Waals surface area contributed by atoms with Crippen LogP contribution in [0.5, 0.6) is 0 Å². The van der Waals surface area contributed by atoms with Crippen LogP contribution in [-0.2, 0) is 23.2 Å². The zero-order valence-corrected chi connectivity index (χ0v) is 11.4. The van der Waals surface area contributed by atoms with E-state index < -0.39 is 6.04 Å². The molecular weight excluding hydrogens is 272 g/mol. The number of rotatable bonds is 3. The second-order valence-electron chi connectivity index (χ2n) is 4.75. The Labute approximate surface area is 120 Å². The van der Waals surface area contributed by atoms with Crippen LogP contribution in [0, 0.1) is 0 Å². The summed E-state index contributed by atoms with van der Waals surface area (Å²) in [5.41, 5.74) is 0.756. The molecule has 1 aliphatic rings. The van der Waals surface area contributed by atoms with Crippen LogP contribution in [0.2, 0.25) is 0 Å². The average Bonchev–Trinajstić information content (AvgIpc) is 2.89. The third kappa shape index (κ3) is 2.60. The summed E-state index contributed by atoms with van der Waals surface area (Å²) in [7, 11) is 1.65. The summed E-state index contributed by atoms with van der Waals surface area (Å²) in [5.74, 6) is 0.0297. The summed E-state index contributed by atoms with van der Waals surface area (Å²) < 4.78 is 0. The Bertz CT molecular complexity index is 668. The van der Waals surface area contributed by atoms with Gasteiger partial charge in [0, 0.05) is 0 Å². The lowest BCUT2D eigenvalue weighted by Gasteiger charge is -2.34. The van der Waals surface area contributed by atoms with Crippen molar-refractivity contribution >= 4 is 11.8 Å². The van der Waals surface area contributed by atoms with Gasteiger partial charge in [-0.3, -0.25) is 9.59 Å². The second-order valence-corrected chi connectivity index (χ2v) is 4.75. The van der Waals surface area contributed by atoms with Crippen LogP contribution in [0.25, 0.3) is 0 Å². The number of hydrogen-bond acceptors (Lipinski definition) is 5. The molecule has 108 valence electrons. The van der Waals surface area contributed by atoms with Gasteiger partial charge >= 0.3 is 0 Å². The van der Waals surface area contributed by atoms with Crippen molar-refractivity contribution in [3.8, 4) is 0 Å². The fourth-order valence-electron chi connectivity index (χ4n) is 2.33. The van der Waals surface area contributed by atoms with E-state index >= 15 is 0 Å². The minimum atomic E-state index is -0.670. The molecule has 21 heavy (non-hydrogen) atoms. The van der Waals surface area contributed by atoms with Crippen molar-refractivity contribution in [3.05, 3.63) is 41.7 Å². The molecule has 1 aliphatic heterocycles. The van der Waals surface area contributed by atoms with Crippen molar-refractivity contribution in [2.45, 2.75) is 12.6 Å². The molecule has 1 N–H and O–H groups in total. The maximum absolute atomic E-state index is 12.2. The highest BCUT2D eigenvalue weighted by Gasteiger charge is 2.36. The molecule has 1 aromatic heterocycles. The first kappa shape index (κ1) is 13.2. The maximum Gasteiger partial charge on any atom is 0.247 e. The molecule has 0 radical (unpaired) electrons. The number of carbonyl (C=O) groups excluding carboxylic acids is 2. The van der Waals surface area contributed by atoms with E-state index in [2.05, 4.69) is 20.7 Å². The van der Waals surface area contributed by atoms with Gasteiger partial charge in [0.1, 0.15) is 6.04 Å². The van der Waals surface area contributed by atoms with Crippen LogP contribution in [0.1, 0.15) is 17.4 Å². The average molecular weight is 286 g/mol. The van der Waals surface area contributed by atoms with Crippen molar-refractivity contribution in [1.29, 1.82) is 0 Å². The van der Waals surface area contributed by atoms with Gasteiger partial charge in [-0.1, -0.05) is 30.3 Å². The Kier molecular flexibility index (Phi) is 3.35. The number of aryl methyl sites for hydroxylation is 1.